The third kappa shape index (κ3) is 4.57. The smallest absolute Gasteiger partial charge is 0.328 e. The quantitative estimate of drug-likeness (QED) is 0.832. The van der Waals surface area contributed by atoms with Crippen molar-refractivity contribution in [1.82, 2.24) is 0 Å². The van der Waals surface area contributed by atoms with Crippen LogP contribution in [0.5, 0.6) is 0 Å². The molecule has 2 N–H and O–H groups in total. The summed E-state index contributed by atoms with van der Waals surface area (Å²) in [5.74, 6) is -1.09. The number of carbonyl (C=O) groups excluding carboxylic acids is 1. The molecule has 0 spiro atoms. The molecular weight excluding hydrogens is 286 g/mol. The first-order valence-corrected chi connectivity index (χ1v) is 7.31. The maximum atomic E-state index is 11.9. The first-order valence-electron chi connectivity index (χ1n) is 6.37. The van der Waals surface area contributed by atoms with Gasteiger partial charge in [0, 0.05) is 11.8 Å². The molecule has 2 aromatic rings. The zero-order valence-electron chi connectivity index (χ0n) is 11.5. The molecule has 0 aliphatic carbocycles. The number of benzene rings is 1. The lowest BCUT2D eigenvalue weighted by molar-refractivity contribution is -0.131. The first-order chi connectivity index (χ1) is 10.0. The lowest BCUT2D eigenvalue weighted by atomic mass is 10.1. The van der Waals surface area contributed by atoms with E-state index in [-0.39, 0.29) is 5.91 Å². The Labute approximate surface area is 126 Å². The summed E-state index contributed by atoms with van der Waals surface area (Å²) in [6, 6.07) is 7.33. The van der Waals surface area contributed by atoms with E-state index in [0.29, 0.717) is 12.1 Å². The molecule has 1 amide bonds. The van der Waals surface area contributed by atoms with Gasteiger partial charge in [0.05, 0.1) is 6.42 Å². The largest absolute Gasteiger partial charge is 0.478 e. The van der Waals surface area contributed by atoms with E-state index in [1.807, 2.05) is 29.8 Å². The monoisotopic (exact) mass is 301 g/mol. The number of hydrogen-bond donors (Lipinski definition) is 2. The zero-order valence-corrected chi connectivity index (χ0v) is 12.3. The summed E-state index contributed by atoms with van der Waals surface area (Å²) >= 11 is 1.56. The van der Waals surface area contributed by atoms with E-state index in [9.17, 15) is 9.59 Å². The Morgan fingerprint density at radius 2 is 2.14 bits per heavy atom. The normalized spacial score (nSPS) is 10.7. The van der Waals surface area contributed by atoms with Crippen molar-refractivity contribution in [3.8, 4) is 0 Å². The number of aliphatic carboxylic acids is 1. The van der Waals surface area contributed by atoms with Crippen molar-refractivity contribution in [2.45, 2.75) is 13.3 Å². The molecule has 1 heterocycles. The fraction of sp³-hybridized carbons (Fsp3) is 0.125. The van der Waals surface area contributed by atoms with Gasteiger partial charge < -0.3 is 10.4 Å². The Morgan fingerprint density at radius 1 is 1.33 bits per heavy atom. The highest BCUT2D eigenvalue weighted by atomic mass is 32.1. The molecule has 0 aliphatic heterocycles. The van der Waals surface area contributed by atoms with Gasteiger partial charge >= 0.3 is 5.97 Å². The number of carboxylic acid groups (broad SMARTS) is 1. The summed E-state index contributed by atoms with van der Waals surface area (Å²) in [6.07, 6.45) is 2.93. The number of nitrogens with one attached hydrogen (secondary N) is 1. The van der Waals surface area contributed by atoms with Crippen LogP contribution < -0.4 is 5.32 Å². The van der Waals surface area contributed by atoms with E-state index in [1.54, 1.807) is 23.5 Å². The summed E-state index contributed by atoms with van der Waals surface area (Å²) in [7, 11) is 0. The summed E-state index contributed by atoms with van der Waals surface area (Å²) < 4.78 is 0. The Balaban J connectivity index is 2.08. The molecule has 0 saturated heterocycles. The highest BCUT2D eigenvalue weighted by Crippen LogP contribution is 2.17. The van der Waals surface area contributed by atoms with E-state index in [1.165, 1.54) is 6.08 Å². The standard InChI is InChI=1S/C16H15NO3S/c1-11-2-4-14(9-13(11)3-5-16(19)20)17-15(18)8-12-6-7-21-10-12/h2-7,9-10H,8H2,1H3,(H,17,18)(H,19,20). The van der Waals surface area contributed by atoms with Crippen molar-refractivity contribution < 1.29 is 14.7 Å². The van der Waals surface area contributed by atoms with Crippen LogP contribution in [0.4, 0.5) is 5.69 Å². The molecule has 5 heteroatoms. The average Bonchev–Trinajstić information content (AvgIpc) is 2.92. The highest BCUT2D eigenvalue weighted by Gasteiger charge is 2.05. The van der Waals surface area contributed by atoms with E-state index in [2.05, 4.69) is 5.32 Å². The van der Waals surface area contributed by atoms with Crippen molar-refractivity contribution >= 4 is 35.0 Å². The third-order valence-electron chi connectivity index (χ3n) is 2.91. The SMILES string of the molecule is Cc1ccc(NC(=O)Cc2ccsc2)cc1C=CC(=O)O. The van der Waals surface area contributed by atoms with Gasteiger partial charge in [0.2, 0.25) is 5.91 Å². The Bertz CT molecular complexity index is 675. The second-order valence-corrected chi connectivity index (χ2v) is 5.38. The molecule has 2 rings (SSSR count). The van der Waals surface area contributed by atoms with Gasteiger partial charge in [0.1, 0.15) is 0 Å². The number of hydrogen-bond acceptors (Lipinski definition) is 3. The summed E-state index contributed by atoms with van der Waals surface area (Å²) in [4.78, 5) is 22.5. The maximum Gasteiger partial charge on any atom is 0.328 e. The van der Waals surface area contributed by atoms with Crippen LogP contribution in [0.15, 0.2) is 41.1 Å². The predicted molar refractivity (Wildman–Crippen MR) is 84.5 cm³/mol. The Hall–Kier alpha value is -2.40. The van der Waals surface area contributed by atoms with Gasteiger partial charge in [0.25, 0.3) is 0 Å². The molecule has 1 aromatic heterocycles. The third-order valence-corrected chi connectivity index (χ3v) is 3.65. The average molecular weight is 301 g/mol. The number of amides is 1. The molecule has 0 unspecified atom stereocenters. The zero-order chi connectivity index (χ0) is 15.2. The predicted octanol–water partition coefficient (Wildman–Crippen LogP) is 3.34. The molecule has 0 fully saturated rings. The molecule has 21 heavy (non-hydrogen) atoms. The Morgan fingerprint density at radius 3 is 2.81 bits per heavy atom. The number of thiophene rings is 1. The van der Waals surface area contributed by atoms with Crippen molar-refractivity contribution in [3.05, 3.63) is 57.8 Å². The molecule has 0 radical (unpaired) electrons. The summed E-state index contributed by atoms with van der Waals surface area (Å²) in [5.41, 5.74) is 3.36. The number of anilines is 1. The number of rotatable bonds is 5. The van der Waals surface area contributed by atoms with Crippen molar-refractivity contribution in [3.63, 3.8) is 0 Å². The van der Waals surface area contributed by atoms with E-state index in [4.69, 9.17) is 5.11 Å². The van der Waals surface area contributed by atoms with Gasteiger partial charge in [-0.3, -0.25) is 4.79 Å². The summed E-state index contributed by atoms with van der Waals surface area (Å²) in [6.45, 7) is 1.89. The topological polar surface area (TPSA) is 66.4 Å². The second kappa shape index (κ2) is 6.85. The van der Waals surface area contributed by atoms with Gasteiger partial charge in [0.15, 0.2) is 0 Å². The van der Waals surface area contributed by atoms with Crippen molar-refractivity contribution in [1.29, 1.82) is 0 Å². The highest BCUT2D eigenvalue weighted by molar-refractivity contribution is 7.08. The Kier molecular flexibility index (Phi) is 4.90. The van der Waals surface area contributed by atoms with Crippen molar-refractivity contribution in [2.75, 3.05) is 5.32 Å². The van der Waals surface area contributed by atoms with Gasteiger partial charge in [-0.1, -0.05) is 6.07 Å². The first kappa shape index (κ1) is 15.0. The van der Waals surface area contributed by atoms with Crippen molar-refractivity contribution in [2.24, 2.45) is 0 Å². The molecule has 0 bridgehead atoms. The fourth-order valence-corrected chi connectivity index (χ4v) is 2.51. The van der Waals surface area contributed by atoms with Crippen LogP contribution in [0.3, 0.4) is 0 Å². The number of carbonyl (C=O) groups is 2. The van der Waals surface area contributed by atoms with Crippen LogP contribution in [-0.4, -0.2) is 17.0 Å². The van der Waals surface area contributed by atoms with Crippen LogP contribution >= 0.6 is 11.3 Å². The molecule has 4 nitrogen and oxygen atoms in total. The minimum absolute atomic E-state index is 0.0922. The van der Waals surface area contributed by atoms with Gasteiger partial charge in [-0.05, 0) is 58.6 Å². The minimum Gasteiger partial charge on any atom is -0.478 e. The van der Waals surface area contributed by atoms with E-state index < -0.39 is 5.97 Å². The van der Waals surface area contributed by atoms with E-state index >= 15 is 0 Å². The second-order valence-electron chi connectivity index (χ2n) is 4.60. The molecule has 0 saturated carbocycles. The molecule has 0 aliphatic rings. The molecule has 108 valence electrons. The van der Waals surface area contributed by atoms with Crippen LogP contribution in [0.25, 0.3) is 6.08 Å². The number of aryl methyl sites for hydroxylation is 1. The lowest BCUT2D eigenvalue weighted by Gasteiger charge is -2.07. The van der Waals surface area contributed by atoms with Crippen LogP contribution in [0, 0.1) is 6.92 Å². The van der Waals surface area contributed by atoms with Gasteiger partial charge in [-0.25, -0.2) is 4.79 Å². The van der Waals surface area contributed by atoms with Crippen LogP contribution in [0.2, 0.25) is 0 Å². The molecule has 1 aromatic carbocycles. The lowest BCUT2D eigenvalue weighted by Crippen LogP contribution is -2.14. The number of carboxylic acids is 1. The van der Waals surface area contributed by atoms with Crippen LogP contribution in [-0.2, 0) is 16.0 Å². The van der Waals surface area contributed by atoms with E-state index in [0.717, 1.165) is 22.8 Å². The van der Waals surface area contributed by atoms with Gasteiger partial charge in [-0.15, -0.1) is 0 Å². The maximum absolute atomic E-state index is 11.9. The van der Waals surface area contributed by atoms with Gasteiger partial charge in [-0.2, -0.15) is 11.3 Å². The molecular formula is C16H15NO3S. The van der Waals surface area contributed by atoms with Crippen LogP contribution in [0.1, 0.15) is 16.7 Å². The summed E-state index contributed by atoms with van der Waals surface area (Å²) in [5, 5.41) is 15.4. The molecule has 0 atom stereocenters. The fourth-order valence-electron chi connectivity index (χ4n) is 1.84. The minimum atomic E-state index is -0.999.